The first-order valence-electron chi connectivity index (χ1n) is 13.0. The molecular formula is C29H44B2BrLiN2O5. The number of halogens is 1. The zero-order chi connectivity index (χ0) is 30.5. The van der Waals surface area contributed by atoms with Gasteiger partial charge in [0.2, 0.25) is 0 Å². The largest absolute Gasteiger partial charge is 1.00 e. The van der Waals surface area contributed by atoms with Crippen LogP contribution in [0.3, 0.4) is 0 Å². The molecule has 214 valence electrons. The summed E-state index contributed by atoms with van der Waals surface area (Å²) in [6.45, 7) is 21.2. The quantitative estimate of drug-likeness (QED) is 0.350. The van der Waals surface area contributed by atoms with Crippen molar-refractivity contribution in [2.45, 2.75) is 93.5 Å². The van der Waals surface area contributed by atoms with E-state index < -0.39 is 14.4 Å². The Morgan fingerprint density at radius 2 is 1.20 bits per heavy atom. The molecule has 2 rings (SSSR count). The second kappa shape index (κ2) is 25.2. The van der Waals surface area contributed by atoms with E-state index in [1.165, 1.54) is 12.5 Å². The van der Waals surface area contributed by atoms with Gasteiger partial charge in [-0.25, -0.2) is 0 Å². The minimum Gasteiger partial charge on any atom is -0.423 e. The number of rotatable bonds is 8. The Hall–Kier alpha value is -1.57. The van der Waals surface area contributed by atoms with Crippen LogP contribution >= 0.6 is 15.9 Å². The summed E-state index contributed by atoms with van der Waals surface area (Å²) >= 11 is 3.34. The SMILES string of the molecule is CC(C)OB(OC(C)C)OC(C)C.Cc1ccc(C#N)cc1B(O)O.Cc1ccc(C#N)cc1Br.[CH2-]CCC.[Li+]. The molecule has 0 spiro atoms. The van der Waals surface area contributed by atoms with Crippen molar-refractivity contribution in [3.63, 3.8) is 0 Å². The maximum atomic E-state index is 8.87. The number of hydrogen-bond acceptors (Lipinski definition) is 7. The van der Waals surface area contributed by atoms with E-state index in [1.807, 2.05) is 66.7 Å². The van der Waals surface area contributed by atoms with Gasteiger partial charge in [0, 0.05) is 22.8 Å². The molecular weight excluding hydrogens is 565 g/mol. The predicted octanol–water partition coefficient (Wildman–Crippen LogP) is 3.05. The van der Waals surface area contributed by atoms with Gasteiger partial charge in [-0.3, -0.25) is 0 Å². The molecule has 0 bridgehead atoms. The van der Waals surface area contributed by atoms with E-state index in [9.17, 15) is 0 Å². The first kappa shape index (κ1) is 42.9. The van der Waals surface area contributed by atoms with E-state index in [0.29, 0.717) is 16.6 Å². The van der Waals surface area contributed by atoms with Crippen molar-refractivity contribution in [2.24, 2.45) is 0 Å². The molecule has 0 aliphatic rings. The fourth-order valence-electron chi connectivity index (χ4n) is 2.41. The zero-order valence-corrected chi connectivity index (χ0v) is 27.4. The number of hydrogen-bond donors (Lipinski definition) is 2. The van der Waals surface area contributed by atoms with E-state index in [4.69, 9.17) is 34.5 Å². The van der Waals surface area contributed by atoms with Crippen molar-refractivity contribution >= 4 is 35.8 Å². The van der Waals surface area contributed by atoms with Crippen LogP contribution in [0.25, 0.3) is 0 Å². The molecule has 0 aromatic heterocycles. The van der Waals surface area contributed by atoms with Crippen LogP contribution in [0.4, 0.5) is 0 Å². The van der Waals surface area contributed by atoms with Crippen molar-refractivity contribution in [3.8, 4) is 12.1 Å². The van der Waals surface area contributed by atoms with Crippen molar-refractivity contribution in [1.82, 2.24) is 0 Å². The van der Waals surface area contributed by atoms with E-state index in [1.54, 1.807) is 25.1 Å². The standard InChI is InChI=1S/C9H21BO3.C8H8BNO2.C8H6BrN.C4H9.Li/c1-7(2)11-10(12-8(3)4)13-9(5)6;1-6-2-3-7(5-10)4-8(6)9(11)12;1-6-2-3-7(5-10)4-8(6)9;1-3-4-2;/h7-9H,1-6H3;2-4,11-12H,1H3;2-4H,1H3;1,3-4H2,2H3;/q;;;-1;+1. The Morgan fingerprint density at radius 3 is 1.50 bits per heavy atom. The molecule has 40 heavy (non-hydrogen) atoms. The number of nitrogens with zero attached hydrogens (tertiary/aromatic N) is 2. The van der Waals surface area contributed by atoms with Crippen molar-refractivity contribution in [2.75, 3.05) is 0 Å². The summed E-state index contributed by atoms with van der Waals surface area (Å²) in [5.41, 5.74) is 3.43. The molecule has 0 aliphatic heterocycles. The van der Waals surface area contributed by atoms with E-state index in [-0.39, 0.29) is 37.2 Å². The molecule has 0 unspecified atom stereocenters. The third-order valence-corrected chi connectivity index (χ3v) is 5.35. The molecule has 11 heteroatoms. The Balaban J connectivity index is -0.000000477. The van der Waals surface area contributed by atoms with Crippen LogP contribution in [0.15, 0.2) is 40.9 Å². The van der Waals surface area contributed by atoms with E-state index in [2.05, 4.69) is 35.8 Å². The van der Waals surface area contributed by atoms with Gasteiger partial charge < -0.3 is 30.9 Å². The van der Waals surface area contributed by atoms with Crippen molar-refractivity contribution in [1.29, 1.82) is 10.5 Å². The third-order valence-electron chi connectivity index (χ3n) is 4.49. The number of aryl methyl sites for hydroxylation is 2. The molecule has 0 radical (unpaired) electrons. The molecule has 0 atom stereocenters. The van der Waals surface area contributed by atoms with Gasteiger partial charge in [0.15, 0.2) is 0 Å². The predicted molar refractivity (Wildman–Crippen MR) is 164 cm³/mol. The van der Waals surface area contributed by atoms with Gasteiger partial charge in [-0.1, -0.05) is 47.0 Å². The number of unbranched alkanes of at least 4 members (excludes halogenated alkanes) is 1. The average Bonchev–Trinajstić information content (AvgIpc) is 2.85. The van der Waals surface area contributed by atoms with Gasteiger partial charge in [-0.05, 0) is 90.7 Å². The molecule has 0 heterocycles. The van der Waals surface area contributed by atoms with Crippen LogP contribution in [-0.2, 0) is 14.0 Å². The van der Waals surface area contributed by atoms with Gasteiger partial charge in [-0.15, -0.1) is 0 Å². The Kier molecular flexibility index (Phi) is 27.0. The van der Waals surface area contributed by atoms with Crippen molar-refractivity contribution in [3.05, 3.63) is 70.0 Å². The summed E-state index contributed by atoms with van der Waals surface area (Å²) in [5, 5.41) is 34.7. The van der Waals surface area contributed by atoms with Crippen molar-refractivity contribution < 1.29 is 42.9 Å². The van der Waals surface area contributed by atoms with Crippen LogP contribution in [0.5, 0.6) is 0 Å². The van der Waals surface area contributed by atoms with Crippen LogP contribution in [-0.4, -0.2) is 42.8 Å². The maximum absolute atomic E-state index is 8.87. The second-order valence-corrected chi connectivity index (χ2v) is 10.2. The van der Waals surface area contributed by atoms with Crippen LogP contribution < -0.4 is 24.3 Å². The van der Waals surface area contributed by atoms with Gasteiger partial charge in [0.05, 0.1) is 23.3 Å². The first-order chi connectivity index (χ1) is 18.2. The van der Waals surface area contributed by atoms with Gasteiger partial charge in [0.1, 0.15) is 0 Å². The summed E-state index contributed by atoms with van der Waals surface area (Å²) in [4.78, 5) is 0. The summed E-state index contributed by atoms with van der Waals surface area (Å²) in [6, 6.07) is 14.3. The smallest absolute Gasteiger partial charge is 0.423 e. The Morgan fingerprint density at radius 1 is 0.825 bits per heavy atom. The fraction of sp³-hybridized carbons (Fsp3) is 0.483. The topological polar surface area (TPSA) is 116 Å². The zero-order valence-electron chi connectivity index (χ0n) is 25.9. The van der Waals surface area contributed by atoms with Crippen LogP contribution in [0.1, 0.15) is 83.6 Å². The molecule has 0 saturated heterocycles. The van der Waals surface area contributed by atoms with Gasteiger partial charge >= 0.3 is 33.3 Å². The minimum absolute atomic E-state index is 0. The minimum atomic E-state index is -1.50. The average molecular weight is 609 g/mol. The molecule has 2 N–H and O–H groups in total. The van der Waals surface area contributed by atoms with E-state index >= 15 is 0 Å². The summed E-state index contributed by atoms with van der Waals surface area (Å²) in [5.74, 6) is 0. The molecule has 2 aromatic carbocycles. The van der Waals surface area contributed by atoms with Gasteiger partial charge in [-0.2, -0.15) is 16.9 Å². The molecule has 2 aromatic rings. The molecule has 0 amide bonds. The van der Waals surface area contributed by atoms with Crippen LogP contribution in [0.2, 0.25) is 0 Å². The summed E-state index contributed by atoms with van der Waals surface area (Å²) < 4.78 is 17.3. The molecule has 7 nitrogen and oxygen atoms in total. The maximum Gasteiger partial charge on any atom is 1.00 e. The molecule has 0 saturated carbocycles. The second-order valence-electron chi connectivity index (χ2n) is 9.33. The summed E-state index contributed by atoms with van der Waals surface area (Å²) in [7, 11) is -2.04. The monoisotopic (exact) mass is 608 g/mol. The number of benzene rings is 2. The third kappa shape index (κ3) is 22.2. The van der Waals surface area contributed by atoms with E-state index in [0.717, 1.165) is 22.0 Å². The fourth-order valence-corrected chi connectivity index (χ4v) is 2.79. The Bertz CT molecular complexity index is 1000. The van der Waals surface area contributed by atoms with Crippen LogP contribution in [0, 0.1) is 43.4 Å². The summed E-state index contributed by atoms with van der Waals surface area (Å²) in [6.07, 6.45) is 2.62. The Labute approximate surface area is 263 Å². The molecule has 0 fully saturated rings. The normalized spacial score (nSPS) is 9.55. The molecule has 0 aliphatic carbocycles. The van der Waals surface area contributed by atoms with Gasteiger partial charge in [0.25, 0.3) is 0 Å². The first-order valence-corrected chi connectivity index (χ1v) is 13.8. The number of nitriles is 2.